The van der Waals surface area contributed by atoms with Crippen molar-refractivity contribution in [3.63, 3.8) is 0 Å². The first kappa shape index (κ1) is 28.2. The highest BCUT2D eigenvalue weighted by Gasteiger charge is 2.28. The number of primary amides is 1. The second kappa shape index (κ2) is 12.6. The van der Waals surface area contributed by atoms with Crippen molar-refractivity contribution in [3.05, 3.63) is 54.2 Å². The number of alkyl halides is 3. The summed E-state index contributed by atoms with van der Waals surface area (Å²) in [5.41, 5.74) is 12.2. The number of anilines is 2. The molecule has 2 aromatic carbocycles. The van der Waals surface area contributed by atoms with E-state index in [1.807, 2.05) is 0 Å². The van der Waals surface area contributed by atoms with Crippen LogP contribution in [-0.2, 0) is 11.3 Å². The monoisotopic (exact) mass is 517 g/mol. The van der Waals surface area contributed by atoms with Crippen LogP contribution < -0.4 is 16.2 Å². The van der Waals surface area contributed by atoms with Crippen molar-refractivity contribution in [2.45, 2.75) is 32.0 Å². The van der Waals surface area contributed by atoms with Crippen LogP contribution in [0.25, 0.3) is 10.9 Å². The van der Waals surface area contributed by atoms with Crippen molar-refractivity contribution in [3.8, 4) is 0 Å². The number of nitrogens with one attached hydrogen (secondary N) is 1. The first-order valence-electron chi connectivity index (χ1n) is 10.6. The number of aromatic nitrogens is 2. The van der Waals surface area contributed by atoms with E-state index in [-0.39, 0.29) is 0 Å². The van der Waals surface area contributed by atoms with Gasteiger partial charge in [-0.05, 0) is 43.5 Å². The molecule has 1 saturated heterocycles. The maximum atomic E-state index is 12.1. The normalized spacial score (nSPS) is 14.2. The molecule has 0 atom stereocenters. The van der Waals surface area contributed by atoms with Crippen LogP contribution in [0.4, 0.5) is 24.5 Å². The zero-order chi connectivity index (χ0) is 26.1. The lowest BCUT2D eigenvalue weighted by Gasteiger charge is -2.28. The summed E-state index contributed by atoms with van der Waals surface area (Å²) in [6.45, 7) is 0.904. The molecule has 7 N–H and O–H groups in total. The zero-order valence-corrected chi connectivity index (χ0v) is 20.0. The molecule has 0 radical (unpaired) electrons. The molecule has 13 heteroatoms. The number of fused-ring (bicyclic) bond motifs is 1. The summed E-state index contributed by atoms with van der Waals surface area (Å²) >= 11 is 0. The van der Waals surface area contributed by atoms with Crippen LogP contribution in [0.15, 0.2) is 48.7 Å². The SMILES string of the molecule is C1CCOCC1.CS(O)(O)Nc1cccc(C(N)=O)c1.Nc1cccc2cn(CC(F)(F)F)nc12. The number of rotatable bonds is 4. The van der Waals surface area contributed by atoms with E-state index in [1.54, 1.807) is 36.4 Å². The predicted molar refractivity (Wildman–Crippen MR) is 132 cm³/mol. The first-order chi connectivity index (χ1) is 16.3. The van der Waals surface area contributed by atoms with Crippen molar-refractivity contribution in [2.75, 3.05) is 29.9 Å². The summed E-state index contributed by atoms with van der Waals surface area (Å²) in [7, 11) is -2.82. The number of nitrogens with two attached hydrogens (primary N) is 2. The molecular formula is C22H30F3N5O4S. The number of nitrogens with zero attached hydrogens (tertiary/aromatic N) is 2. The third-order valence-corrected chi connectivity index (χ3v) is 5.11. The minimum Gasteiger partial charge on any atom is -0.397 e. The molecule has 1 fully saturated rings. The summed E-state index contributed by atoms with van der Waals surface area (Å²) < 4.78 is 62.8. The van der Waals surface area contributed by atoms with E-state index >= 15 is 0 Å². The number of nitrogen functional groups attached to an aromatic ring is 1. The molecule has 0 aliphatic carbocycles. The van der Waals surface area contributed by atoms with Gasteiger partial charge in [0.1, 0.15) is 12.1 Å². The van der Waals surface area contributed by atoms with Gasteiger partial charge in [0.05, 0.1) is 11.4 Å². The average molecular weight is 518 g/mol. The van der Waals surface area contributed by atoms with Gasteiger partial charge in [-0.1, -0.05) is 18.2 Å². The Morgan fingerprint density at radius 2 is 1.83 bits per heavy atom. The maximum absolute atomic E-state index is 12.1. The van der Waals surface area contributed by atoms with Gasteiger partial charge in [0.25, 0.3) is 0 Å². The molecule has 0 bridgehead atoms. The highest BCUT2D eigenvalue weighted by Crippen LogP contribution is 2.34. The fourth-order valence-electron chi connectivity index (χ4n) is 3.03. The molecule has 2 heterocycles. The number of halogens is 3. The van der Waals surface area contributed by atoms with E-state index in [1.165, 1.54) is 37.8 Å². The van der Waals surface area contributed by atoms with Gasteiger partial charge in [0.2, 0.25) is 5.91 Å². The third kappa shape index (κ3) is 10.9. The zero-order valence-electron chi connectivity index (χ0n) is 19.2. The standard InChI is InChI=1S/C9H8F3N3.C8H12N2O3S.C5H10O/c10-9(11,12)5-15-4-6-2-1-3-7(13)8(6)14-15;1-14(12,13)10-7-4-2-3-6(5-7)8(9)11;1-2-4-6-5-3-1/h1-4H,5,13H2;2-5,10,12-13H,1H3,(H2,9,11);1-5H2. The number of amides is 1. The number of carbonyl (C=O) groups excluding carboxylic acids is 1. The molecule has 4 rings (SSSR count). The van der Waals surface area contributed by atoms with Crippen LogP contribution in [-0.4, -0.2) is 50.4 Å². The maximum Gasteiger partial charge on any atom is 0.408 e. The van der Waals surface area contributed by atoms with Crippen LogP contribution in [0.5, 0.6) is 0 Å². The Balaban J connectivity index is 0.000000201. The van der Waals surface area contributed by atoms with Gasteiger partial charge in [-0.3, -0.25) is 23.3 Å². The Labute approximate surface area is 202 Å². The minimum absolute atomic E-state index is 0.318. The Bertz CT molecular complexity index is 1090. The molecule has 3 aromatic rings. The van der Waals surface area contributed by atoms with Gasteiger partial charge in [-0.15, -0.1) is 10.8 Å². The first-order valence-corrected chi connectivity index (χ1v) is 12.6. The third-order valence-electron chi connectivity index (χ3n) is 4.49. The Morgan fingerprint density at radius 1 is 1.17 bits per heavy atom. The molecular weight excluding hydrogens is 487 g/mol. The van der Waals surface area contributed by atoms with Gasteiger partial charge >= 0.3 is 6.18 Å². The Hall–Kier alpha value is -3.00. The van der Waals surface area contributed by atoms with E-state index in [9.17, 15) is 18.0 Å². The molecule has 0 spiro atoms. The molecule has 0 unspecified atom stereocenters. The molecule has 9 nitrogen and oxygen atoms in total. The highest BCUT2D eigenvalue weighted by molar-refractivity contribution is 8.24. The van der Waals surface area contributed by atoms with Crippen molar-refractivity contribution in [1.29, 1.82) is 0 Å². The quantitative estimate of drug-likeness (QED) is 0.310. The Kier molecular flexibility index (Phi) is 10.2. The predicted octanol–water partition coefficient (Wildman–Crippen LogP) is 4.86. The number of hydrogen-bond acceptors (Lipinski definition) is 7. The van der Waals surface area contributed by atoms with E-state index in [0.29, 0.717) is 27.8 Å². The van der Waals surface area contributed by atoms with Gasteiger partial charge in [0, 0.05) is 36.6 Å². The fourth-order valence-corrected chi connectivity index (χ4v) is 3.60. The van der Waals surface area contributed by atoms with Crippen molar-refractivity contribution < 1.29 is 31.8 Å². The van der Waals surface area contributed by atoms with Crippen molar-refractivity contribution >= 4 is 39.0 Å². The van der Waals surface area contributed by atoms with E-state index in [0.717, 1.165) is 17.9 Å². The van der Waals surface area contributed by atoms with Crippen LogP contribution in [0.2, 0.25) is 0 Å². The topological polar surface area (TPSA) is 149 Å². The second-order valence-electron chi connectivity index (χ2n) is 7.78. The van der Waals surface area contributed by atoms with Gasteiger partial charge < -0.3 is 16.2 Å². The van der Waals surface area contributed by atoms with E-state index < -0.39 is 29.4 Å². The number of ether oxygens (including phenoxy) is 1. The molecule has 1 aromatic heterocycles. The molecule has 1 aliphatic heterocycles. The molecule has 35 heavy (non-hydrogen) atoms. The average Bonchev–Trinajstić information content (AvgIpc) is 3.17. The summed E-state index contributed by atoms with van der Waals surface area (Å²) in [6.07, 6.45) is 2.25. The largest absolute Gasteiger partial charge is 0.408 e. The molecule has 1 amide bonds. The van der Waals surface area contributed by atoms with E-state index in [4.69, 9.17) is 25.3 Å². The summed E-state index contributed by atoms with van der Waals surface area (Å²) in [5, 5.41) is 4.38. The minimum atomic E-state index is -4.27. The number of benzene rings is 2. The van der Waals surface area contributed by atoms with Gasteiger partial charge in [-0.2, -0.15) is 18.3 Å². The van der Waals surface area contributed by atoms with Crippen LogP contribution >= 0.6 is 10.8 Å². The summed E-state index contributed by atoms with van der Waals surface area (Å²) in [4.78, 5) is 10.8. The van der Waals surface area contributed by atoms with Crippen LogP contribution in [0.3, 0.4) is 0 Å². The highest BCUT2D eigenvalue weighted by atomic mass is 32.3. The second-order valence-corrected chi connectivity index (χ2v) is 9.65. The number of hydrogen-bond donors (Lipinski definition) is 5. The van der Waals surface area contributed by atoms with E-state index in [2.05, 4.69) is 9.82 Å². The summed E-state index contributed by atoms with van der Waals surface area (Å²) in [6, 6.07) is 11.2. The van der Waals surface area contributed by atoms with Crippen molar-refractivity contribution in [1.82, 2.24) is 9.78 Å². The fraction of sp³-hybridized carbons (Fsp3) is 0.364. The van der Waals surface area contributed by atoms with Crippen LogP contribution in [0, 0.1) is 0 Å². The lowest BCUT2D eigenvalue weighted by molar-refractivity contribution is -0.142. The summed E-state index contributed by atoms with van der Waals surface area (Å²) in [5.74, 6) is -0.554. The smallest absolute Gasteiger partial charge is 0.397 e. The van der Waals surface area contributed by atoms with Gasteiger partial charge in [0.15, 0.2) is 0 Å². The van der Waals surface area contributed by atoms with Gasteiger partial charge in [-0.25, -0.2) is 0 Å². The number of carbonyl (C=O) groups is 1. The van der Waals surface area contributed by atoms with Crippen LogP contribution in [0.1, 0.15) is 29.6 Å². The Morgan fingerprint density at radius 3 is 2.31 bits per heavy atom. The van der Waals surface area contributed by atoms with Crippen molar-refractivity contribution in [2.24, 2.45) is 5.73 Å². The molecule has 1 aliphatic rings. The lowest BCUT2D eigenvalue weighted by Crippen LogP contribution is -2.17. The molecule has 0 saturated carbocycles. The lowest BCUT2D eigenvalue weighted by atomic mass is 10.2. The molecule has 194 valence electrons.